The van der Waals surface area contributed by atoms with Crippen molar-refractivity contribution in [1.29, 1.82) is 0 Å². The van der Waals surface area contributed by atoms with Crippen molar-refractivity contribution in [2.75, 3.05) is 21.3 Å². The maximum Gasteiger partial charge on any atom is 0.204 e. The maximum absolute atomic E-state index is 12.8. The Balaban J connectivity index is 2.00. The lowest BCUT2D eigenvalue weighted by atomic mass is 10.1. The molecule has 132 valence electrons. The second kappa shape index (κ2) is 6.15. The van der Waals surface area contributed by atoms with E-state index in [9.17, 15) is 4.79 Å². The number of rotatable bonds is 4. The molecule has 0 aliphatic heterocycles. The van der Waals surface area contributed by atoms with Crippen molar-refractivity contribution in [3.05, 3.63) is 52.8 Å². The van der Waals surface area contributed by atoms with E-state index >= 15 is 0 Å². The van der Waals surface area contributed by atoms with E-state index in [0.29, 0.717) is 34.0 Å². The third-order valence-electron chi connectivity index (χ3n) is 4.36. The number of ether oxygens (including phenoxy) is 3. The van der Waals surface area contributed by atoms with Crippen molar-refractivity contribution in [3.8, 4) is 28.6 Å². The predicted octanol–water partition coefficient (Wildman–Crippen LogP) is 3.97. The summed E-state index contributed by atoms with van der Waals surface area (Å²) in [6, 6.07) is 10.9. The lowest BCUT2D eigenvalue weighted by Gasteiger charge is -2.14. The van der Waals surface area contributed by atoms with Crippen molar-refractivity contribution in [2.24, 2.45) is 0 Å². The van der Waals surface area contributed by atoms with Crippen LogP contribution in [0.25, 0.3) is 33.2 Å². The summed E-state index contributed by atoms with van der Waals surface area (Å²) in [5.74, 6) is 1.55. The van der Waals surface area contributed by atoms with Crippen LogP contribution in [0.15, 0.2) is 51.8 Å². The molecule has 0 bridgehead atoms. The molecule has 1 N–H and O–H groups in total. The van der Waals surface area contributed by atoms with Crippen LogP contribution < -0.4 is 19.6 Å². The molecule has 4 aromatic rings. The van der Waals surface area contributed by atoms with Crippen LogP contribution in [0.1, 0.15) is 0 Å². The van der Waals surface area contributed by atoms with Crippen molar-refractivity contribution >= 4 is 21.9 Å². The fraction of sp³-hybridized carbons (Fsp3) is 0.150. The Morgan fingerprint density at radius 1 is 0.923 bits per heavy atom. The van der Waals surface area contributed by atoms with Crippen molar-refractivity contribution < 1.29 is 18.6 Å². The molecule has 2 aromatic heterocycles. The summed E-state index contributed by atoms with van der Waals surface area (Å²) >= 11 is 0. The molecule has 0 spiro atoms. The third kappa shape index (κ3) is 2.38. The van der Waals surface area contributed by atoms with E-state index in [2.05, 4.69) is 4.98 Å². The average molecular weight is 351 g/mol. The smallest absolute Gasteiger partial charge is 0.204 e. The number of benzene rings is 2. The molecule has 0 saturated carbocycles. The monoisotopic (exact) mass is 351 g/mol. The lowest BCUT2D eigenvalue weighted by Crippen LogP contribution is -2.05. The zero-order chi connectivity index (χ0) is 18.3. The third-order valence-corrected chi connectivity index (χ3v) is 4.36. The van der Waals surface area contributed by atoms with Gasteiger partial charge in [0.25, 0.3) is 0 Å². The van der Waals surface area contributed by atoms with Gasteiger partial charge in [-0.05, 0) is 24.3 Å². The first-order valence-electron chi connectivity index (χ1n) is 8.00. The Bertz CT molecular complexity index is 1170. The summed E-state index contributed by atoms with van der Waals surface area (Å²) in [6.45, 7) is 0. The number of hydrogen-bond acceptors (Lipinski definition) is 5. The summed E-state index contributed by atoms with van der Waals surface area (Å²) in [7, 11) is 4.49. The van der Waals surface area contributed by atoms with Gasteiger partial charge in [0.05, 0.1) is 21.3 Å². The van der Waals surface area contributed by atoms with Crippen molar-refractivity contribution in [1.82, 2.24) is 4.98 Å². The molecule has 0 unspecified atom stereocenters. The Morgan fingerprint density at radius 3 is 2.46 bits per heavy atom. The molecule has 0 amide bonds. The van der Waals surface area contributed by atoms with E-state index in [-0.39, 0.29) is 5.43 Å². The van der Waals surface area contributed by atoms with Crippen LogP contribution in [-0.4, -0.2) is 26.3 Å². The molecule has 0 aliphatic rings. The predicted molar refractivity (Wildman–Crippen MR) is 99.4 cm³/mol. The Hall–Kier alpha value is -3.41. The fourth-order valence-electron chi connectivity index (χ4n) is 3.14. The topological polar surface area (TPSA) is 73.7 Å². The van der Waals surface area contributed by atoms with Crippen molar-refractivity contribution in [3.63, 3.8) is 0 Å². The molecule has 4 rings (SSSR count). The average Bonchev–Trinajstić information content (AvgIpc) is 3.13. The van der Waals surface area contributed by atoms with Gasteiger partial charge in [-0.2, -0.15) is 0 Å². The second-order valence-corrected chi connectivity index (χ2v) is 5.77. The number of methoxy groups -OCH3 is 3. The van der Waals surface area contributed by atoms with Crippen LogP contribution in [0.4, 0.5) is 0 Å². The van der Waals surface area contributed by atoms with Gasteiger partial charge in [0.2, 0.25) is 5.75 Å². The van der Waals surface area contributed by atoms with E-state index in [1.807, 2.05) is 30.5 Å². The van der Waals surface area contributed by atoms with Crippen LogP contribution in [-0.2, 0) is 0 Å². The highest BCUT2D eigenvalue weighted by Crippen LogP contribution is 2.42. The van der Waals surface area contributed by atoms with Crippen molar-refractivity contribution in [2.45, 2.75) is 0 Å². The summed E-state index contributed by atoms with van der Waals surface area (Å²) in [5.41, 5.74) is 1.99. The SMILES string of the molecule is COc1cc2oc(-c3ccc4[nH]ccc4c3)cc(=O)c2c(OC)c1OC. The molecule has 2 heterocycles. The molecule has 0 radical (unpaired) electrons. The maximum atomic E-state index is 12.8. The van der Waals surface area contributed by atoms with Gasteiger partial charge in [0, 0.05) is 34.8 Å². The van der Waals surface area contributed by atoms with Gasteiger partial charge in [-0.15, -0.1) is 0 Å². The Kier molecular flexibility index (Phi) is 3.80. The van der Waals surface area contributed by atoms with Gasteiger partial charge >= 0.3 is 0 Å². The number of hydrogen-bond donors (Lipinski definition) is 1. The van der Waals surface area contributed by atoms with Crippen LogP contribution in [0, 0.1) is 0 Å². The molecule has 0 saturated heterocycles. The molecule has 6 heteroatoms. The molecule has 0 atom stereocenters. The summed E-state index contributed by atoms with van der Waals surface area (Å²) in [6.07, 6.45) is 1.87. The zero-order valence-corrected chi connectivity index (χ0v) is 14.6. The first-order valence-corrected chi connectivity index (χ1v) is 8.00. The highest BCUT2D eigenvalue weighted by atomic mass is 16.5. The van der Waals surface area contributed by atoms with Gasteiger partial charge in [-0.1, -0.05) is 0 Å². The minimum Gasteiger partial charge on any atom is -0.493 e. The lowest BCUT2D eigenvalue weighted by molar-refractivity contribution is 0.326. The Labute approximate surface area is 148 Å². The molecular formula is C20H17NO5. The van der Waals surface area contributed by atoms with Gasteiger partial charge in [0.1, 0.15) is 16.7 Å². The van der Waals surface area contributed by atoms with E-state index in [1.54, 1.807) is 6.07 Å². The number of aromatic nitrogens is 1. The zero-order valence-electron chi connectivity index (χ0n) is 14.6. The molecule has 6 nitrogen and oxygen atoms in total. The highest BCUT2D eigenvalue weighted by Gasteiger charge is 2.20. The molecular weight excluding hydrogens is 334 g/mol. The molecule has 0 fully saturated rings. The summed E-state index contributed by atoms with van der Waals surface area (Å²) < 4.78 is 22.1. The number of nitrogens with one attached hydrogen (secondary N) is 1. The van der Waals surface area contributed by atoms with Gasteiger partial charge in [0.15, 0.2) is 16.9 Å². The number of fused-ring (bicyclic) bond motifs is 2. The molecule has 26 heavy (non-hydrogen) atoms. The van der Waals surface area contributed by atoms with Crippen LogP contribution in [0.3, 0.4) is 0 Å². The Morgan fingerprint density at radius 2 is 1.73 bits per heavy atom. The number of H-pyrrole nitrogens is 1. The van der Waals surface area contributed by atoms with Gasteiger partial charge < -0.3 is 23.6 Å². The first kappa shape index (κ1) is 16.1. The molecule has 2 aromatic carbocycles. The standard InChI is InChI=1S/C20H17NO5/c1-23-17-10-16-18(20(25-3)19(17)24-2)14(22)9-15(26-16)12-4-5-13-11(8-12)6-7-21-13/h4-10,21H,1-3H3. The molecule has 0 aliphatic carbocycles. The van der Waals surface area contributed by atoms with Crippen LogP contribution in [0.2, 0.25) is 0 Å². The largest absolute Gasteiger partial charge is 0.493 e. The number of aromatic amines is 1. The fourth-order valence-corrected chi connectivity index (χ4v) is 3.14. The van der Waals surface area contributed by atoms with Gasteiger partial charge in [-0.3, -0.25) is 4.79 Å². The van der Waals surface area contributed by atoms with Crippen LogP contribution in [0.5, 0.6) is 17.2 Å². The first-order chi connectivity index (χ1) is 12.7. The second-order valence-electron chi connectivity index (χ2n) is 5.77. The highest BCUT2D eigenvalue weighted by molar-refractivity contribution is 5.91. The van der Waals surface area contributed by atoms with E-state index in [0.717, 1.165) is 16.5 Å². The normalized spacial score (nSPS) is 11.0. The minimum atomic E-state index is -0.215. The van der Waals surface area contributed by atoms with E-state index in [4.69, 9.17) is 18.6 Å². The van der Waals surface area contributed by atoms with E-state index < -0.39 is 0 Å². The summed E-state index contributed by atoms with van der Waals surface area (Å²) in [5, 5.41) is 1.35. The summed E-state index contributed by atoms with van der Waals surface area (Å²) in [4.78, 5) is 15.9. The van der Waals surface area contributed by atoms with E-state index in [1.165, 1.54) is 27.4 Å². The minimum absolute atomic E-state index is 0.215. The van der Waals surface area contributed by atoms with Gasteiger partial charge in [-0.25, -0.2) is 0 Å². The quantitative estimate of drug-likeness (QED) is 0.602. The van der Waals surface area contributed by atoms with Crippen LogP contribution >= 0.6 is 0 Å².